The predicted octanol–water partition coefficient (Wildman–Crippen LogP) is 4.63. The molecule has 0 aliphatic carbocycles. The third kappa shape index (κ3) is 4.30. The molecule has 0 radical (unpaired) electrons. The van der Waals surface area contributed by atoms with Gasteiger partial charge in [-0.15, -0.1) is 0 Å². The number of halogens is 1. The van der Waals surface area contributed by atoms with Crippen LogP contribution < -0.4 is 20.1 Å². The van der Waals surface area contributed by atoms with E-state index in [1.54, 1.807) is 26.4 Å². The molecule has 128 valence electrons. The number of hydrogen-bond acceptors (Lipinski definition) is 6. The van der Waals surface area contributed by atoms with Crippen LogP contribution in [0.15, 0.2) is 54.9 Å². The van der Waals surface area contributed by atoms with Crippen LogP contribution in [0.2, 0.25) is 5.02 Å². The quantitative estimate of drug-likeness (QED) is 0.671. The highest BCUT2D eigenvalue weighted by atomic mass is 35.5. The van der Waals surface area contributed by atoms with Gasteiger partial charge in [-0.2, -0.15) is 0 Å². The van der Waals surface area contributed by atoms with E-state index in [1.807, 2.05) is 36.4 Å². The molecule has 3 rings (SSSR count). The molecule has 3 aromatic rings. The lowest BCUT2D eigenvalue weighted by Gasteiger charge is -2.12. The fourth-order valence-electron chi connectivity index (χ4n) is 2.21. The van der Waals surface area contributed by atoms with Crippen LogP contribution >= 0.6 is 11.6 Å². The number of benzene rings is 2. The Kier molecular flexibility index (Phi) is 5.20. The van der Waals surface area contributed by atoms with Crippen LogP contribution in [0.1, 0.15) is 0 Å². The second kappa shape index (κ2) is 7.72. The van der Waals surface area contributed by atoms with E-state index >= 15 is 0 Å². The molecular weight excluding hydrogens is 340 g/mol. The molecule has 0 spiro atoms. The number of methoxy groups -OCH3 is 2. The van der Waals surface area contributed by atoms with Crippen molar-refractivity contribution in [2.75, 3.05) is 24.9 Å². The largest absolute Gasteiger partial charge is 0.497 e. The highest BCUT2D eigenvalue weighted by molar-refractivity contribution is 6.30. The van der Waals surface area contributed by atoms with Crippen LogP contribution in [0.25, 0.3) is 0 Å². The van der Waals surface area contributed by atoms with Crippen LogP contribution in [0.4, 0.5) is 23.0 Å². The van der Waals surface area contributed by atoms with Gasteiger partial charge in [0.05, 0.1) is 19.9 Å². The minimum absolute atomic E-state index is 0.634. The molecule has 0 amide bonds. The van der Waals surface area contributed by atoms with E-state index in [0.29, 0.717) is 22.4 Å². The van der Waals surface area contributed by atoms with Crippen LogP contribution in [-0.2, 0) is 0 Å². The summed E-state index contributed by atoms with van der Waals surface area (Å²) in [6, 6.07) is 14.7. The van der Waals surface area contributed by atoms with Gasteiger partial charge < -0.3 is 20.1 Å². The normalized spacial score (nSPS) is 10.2. The number of rotatable bonds is 6. The summed E-state index contributed by atoms with van der Waals surface area (Å²) in [5, 5.41) is 7.10. The molecule has 1 heterocycles. The van der Waals surface area contributed by atoms with Crippen LogP contribution in [0.5, 0.6) is 11.5 Å². The van der Waals surface area contributed by atoms with E-state index < -0.39 is 0 Å². The number of hydrogen-bond donors (Lipinski definition) is 2. The Hall–Kier alpha value is -2.99. The van der Waals surface area contributed by atoms with Crippen molar-refractivity contribution in [3.8, 4) is 11.5 Å². The van der Waals surface area contributed by atoms with Crippen molar-refractivity contribution in [3.05, 3.63) is 59.9 Å². The molecule has 6 nitrogen and oxygen atoms in total. The fourth-order valence-corrected chi connectivity index (χ4v) is 2.34. The number of nitrogens with zero attached hydrogens (tertiary/aromatic N) is 2. The van der Waals surface area contributed by atoms with Crippen LogP contribution in [-0.4, -0.2) is 24.2 Å². The predicted molar refractivity (Wildman–Crippen MR) is 99.6 cm³/mol. The van der Waals surface area contributed by atoms with Crippen molar-refractivity contribution in [2.45, 2.75) is 0 Å². The Labute approximate surface area is 150 Å². The van der Waals surface area contributed by atoms with Gasteiger partial charge in [-0.25, -0.2) is 9.97 Å². The first-order chi connectivity index (χ1) is 12.2. The van der Waals surface area contributed by atoms with Crippen LogP contribution in [0.3, 0.4) is 0 Å². The maximum atomic E-state index is 5.90. The summed E-state index contributed by atoms with van der Waals surface area (Å²) in [6.45, 7) is 0. The minimum Gasteiger partial charge on any atom is -0.497 e. The topological polar surface area (TPSA) is 68.3 Å². The number of ether oxygens (including phenoxy) is 2. The smallest absolute Gasteiger partial charge is 0.146 e. The van der Waals surface area contributed by atoms with Gasteiger partial charge in [-0.3, -0.25) is 0 Å². The zero-order valence-corrected chi connectivity index (χ0v) is 14.5. The van der Waals surface area contributed by atoms with Crippen molar-refractivity contribution < 1.29 is 9.47 Å². The molecular formula is C18H17ClN4O2. The summed E-state index contributed by atoms with van der Waals surface area (Å²) in [5.41, 5.74) is 1.66. The van der Waals surface area contributed by atoms with E-state index in [4.69, 9.17) is 21.1 Å². The van der Waals surface area contributed by atoms with Crippen molar-refractivity contribution in [3.63, 3.8) is 0 Å². The van der Waals surface area contributed by atoms with Crippen molar-refractivity contribution >= 4 is 34.6 Å². The molecule has 0 aliphatic rings. The average molecular weight is 357 g/mol. The van der Waals surface area contributed by atoms with Gasteiger partial charge in [0.25, 0.3) is 0 Å². The third-order valence-corrected chi connectivity index (χ3v) is 3.71. The molecule has 0 bridgehead atoms. The molecule has 7 heteroatoms. The molecule has 0 aliphatic heterocycles. The van der Waals surface area contributed by atoms with Gasteiger partial charge >= 0.3 is 0 Å². The van der Waals surface area contributed by atoms with E-state index in [0.717, 1.165) is 17.1 Å². The van der Waals surface area contributed by atoms with Gasteiger partial charge in [0.2, 0.25) is 0 Å². The minimum atomic E-state index is 0.634. The number of nitrogens with one attached hydrogen (secondary N) is 2. The van der Waals surface area contributed by atoms with Gasteiger partial charge in [0.1, 0.15) is 29.5 Å². The zero-order chi connectivity index (χ0) is 17.6. The van der Waals surface area contributed by atoms with E-state index in [2.05, 4.69) is 20.6 Å². The average Bonchev–Trinajstić information content (AvgIpc) is 2.64. The summed E-state index contributed by atoms with van der Waals surface area (Å²) >= 11 is 5.90. The van der Waals surface area contributed by atoms with E-state index in [9.17, 15) is 0 Å². The summed E-state index contributed by atoms with van der Waals surface area (Å²) in [5.74, 6) is 2.67. The summed E-state index contributed by atoms with van der Waals surface area (Å²) in [7, 11) is 3.22. The zero-order valence-electron chi connectivity index (χ0n) is 13.8. The Balaban J connectivity index is 1.79. The fraction of sp³-hybridized carbons (Fsp3) is 0.111. The monoisotopic (exact) mass is 356 g/mol. The van der Waals surface area contributed by atoms with Gasteiger partial charge in [0, 0.05) is 22.8 Å². The SMILES string of the molecule is COc1ccc(Nc2cc(Nc3ccc(Cl)cc3)ncn2)c(OC)c1. The van der Waals surface area contributed by atoms with Crippen LogP contribution in [0, 0.1) is 0 Å². The van der Waals surface area contributed by atoms with Crippen molar-refractivity contribution in [1.82, 2.24) is 9.97 Å². The molecule has 25 heavy (non-hydrogen) atoms. The molecule has 0 unspecified atom stereocenters. The summed E-state index contributed by atoms with van der Waals surface area (Å²) < 4.78 is 10.6. The second-order valence-corrected chi connectivity index (χ2v) is 5.55. The lowest BCUT2D eigenvalue weighted by atomic mass is 10.2. The number of aromatic nitrogens is 2. The van der Waals surface area contributed by atoms with Crippen molar-refractivity contribution in [2.24, 2.45) is 0 Å². The standard InChI is InChI=1S/C18H17ClN4O2/c1-24-14-7-8-15(16(9-14)25-2)23-18-10-17(20-11-21-18)22-13-5-3-12(19)4-6-13/h3-11H,1-2H3,(H2,20,21,22,23). The number of anilines is 4. The van der Waals surface area contributed by atoms with Gasteiger partial charge in [0.15, 0.2) is 0 Å². The second-order valence-electron chi connectivity index (χ2n) is 5.11. The first-order valence-corrected chi connectivity index (χ1v) is 7.89. The highest BCUT2D eigenvalue weighted by Crippen LogP contribution is 2.31. The highest BCUT2D eigenvalue weighted by Gasteiger charge is 2.07. The van der Waals surface area contributed by atoms with E-state index in [1.165, 1.54) is 6.33 Å². The molecule has 0 saturated heterocycles. The first-order valence-electron chi connectivity index (χ1n) is 7.51. The third-order valence-electron chi connectivity index (χ3n) is 3.46. The maximum Gasteiger partial charge on any atom is 0.146 e. The molecule has 0 saturated carbocycles. The first kappa shape index (κ1) is 16.9. The summed E-state index contributed by atoms with van der Waals surface area (Å²) in [6.07, 6.45) is 1.48. The van der Waals surface area contributed by atoms with Gasteiger partial charge in [-0.1, -0.05) is 11.6 Å². The Morgan fingerprint density at radius 1 is 0.840 bits per heavy atom. The Bertz CT molecular complexity index is 856. The lowest BCUT2D eigenvalue weighted by molar-refractivity contribution is 0.395. The van der Waals surface area contributed by atoms with Crippen molar-refractivity contribution in [1.29, 1.82) is 0 Å². The molecule has 2 aromatic carbocycles. The van der Waals surface area contributed by atoms with E-state index in [-0.39, 0.29) is 0 Å². The Morgan fingerprint density at radius 2 is 1.56 bits per heavy atom. The summed E-state index contributed by atoms with van der Waals surface area (Å²) in [4.78, 5) is 8.46. The molecule has 1 aromatic heterocycles. The van der Waals surface area contributed by atoms with Gasteiger partial charge in [-0.05, 0) is 36.4 Å². The molecule has 0 fully saturated rings. The molecule has 2 N–H and O–H groups in total. The maximum absolute atomic E-state index is 5.90. The Morgan fingerprint density at radius 3 is 2.24 bits per heavy atom. The molecule has 0 atom stereocenters. The lowest BCUT2D eigenvalue weighted by Crippen LogP contribution is -2.00.